The Labute approximate surface area is 97.0 Å². The van der Waals surface area contributed by atoms with E-state index in [0.29, 0.717) is 12.8 Å². The van der Waals surface area contributed by atoms with E-state index in [1.807, 2.05) is 0 Å². The summed E-state index contributed by atoms with van der Waals surface area (Å²) < 4.78 is 43.4. The lowest BCUT2D eigenvalue weighted by atomic mass is 10.1. The highest BCUT2D eigenvalue weighted by molar-refractivity contribution is 5.28. The predicted octanol–water partition coefficient (Wildman–Crippen LogP) is 2.23. The molecule has 1 aliphatic rings. The number of nitrogens with zero attached hydrogens (tertiary/aromatic N) is 1. The second-order valence-corrected chi connectivity index (χ2v) is 3.92. The summed E-state index contributed by atoms with van der Waals surface area (Å²) in [5.41, 5.74) is -0.807. The fraction of sp³-hybridized carbons (Fsp3) is 0.545. The van der Waals surface area contributed by atoms with Crippen molar-refractivity contribution in [1.29, 1.82) is 0 Å². The van der Waals surface area contributed by atoms with Crippen LogP contribution in [0.2, 0.25) is 0 Å². The molecule has 6 heteroatoms. The molecule has 0 bridgehead atoms. The number of piperidine rings is 1. The first-order valence-corrected chi connectivity index (χ1v) is 5.47. The predicted molar refractivity (Wildman–Crippen MR) is 55.8 cm³/mol. The summed E-state index contributed by atoms with van der Waals surface area (Å²) >= 11 is 0. The molecule has 0 unspecified atom stereocenters. The van der Waals surface area contributed by atoms with Crippen molar-refractivity contribution >= 4 is 0 Å². The van der Waals surface area contributed by atoms with Crippen LogP contribution in [-0.4, -0.2) is 24.2 Å². The molecule has 1 fully saturated rings. The van der Waals surface area contributed by atoms with Crippen LogP contribution < -0.4 is 10.1 Å². The molecular weight excluding hydrogens is 233 g/mol. The van der Waals surface area contributed by atoms with Gasteiger partial charge in [-0.05, 0) is 38.1 Å². The van der Waals surface area contributed by atoms with Crippen molar-refractivity contribution in [1.82, 2.24) is 10.3 Å². The minimum Gasteiger partial charge on any atom is -0.474 e. The average molecular weight is 246 g/mol. The van der Waals surface area contributed by atoms with Crippen LogP contribution >= 0.6 is 0 Å². The van der Waals surface area contributed by atoms with E-state index in [1.54, 1.807) is 0 Å². The van der Waals surface area contributed by atoms with Crippen molar-refractivity contribution in [3.05, 3.63) is 23.9 Å². The molecule has 0 aromatic carbocycles. The molecule has 2 heterocycles. The molecule has 1 aromatic rings. The van der Waals surface area contributed by atoms with Crippen molar-refractivity contribution in [3.63, 3.8) is 0 Å². The van der Waals surface area contributed by atoms with Gasteiger partial charge in [0.05, 0.1) is 0 Å². The van der Waals surface area contributed by atoms with Gasteiger partial charge in [-0.15, -0.1) is 0 Å². The number of hydrogen-bond acceptors (Lipinski definition) is 3. The van der Waals surface area contributed by atoms with Crippen LogP contribution in [0, 0.1) is 0 Å². The summed E-state index contributed by atoms with van der Waals surface area (Å²) in [6.07, 6.45) is -1.89. The Kier molecular flexibility index (Phi) is 3.51. The van der Waals surface area contributed by atoms with Gasteiger partial charge >= 0.3 is 6.18 Å². The minimum absolute atomic E-state index is 0.188. The monoisotopic (exact) mass is 246 g/mol. The zero-order valence-electron chi connectivity index (χ0n) is 9.13. The highest BCUT2D eigenvalue weighted by Gasteiger charge is 2.35. The third-order valence-electron chi connectivity index (χ3n) is 2.64. The van der Waals surface area contributed by atoms with Gasteiger partial charge in [0.25, 0.3) is 0 Å². The number of alkyl halides is 3. The number of ether oxygens (including phenoxy) is 1. The molecule has 0 radical (unpaired) electrons. The molecule has 17 heavy (non-hydrogen) atoms. The van der Waals surface area contributed by atoms with Crippen LogP contribution in [0.3, 0.4) is 0 Å². The van der Waals surface area contributed by atoms with Gasteiger partial charge in [-0.25, -0.2) is 4.98 Å². The van der Waals surface area contributed by atoms with Crippen LogP contribution in [0.1, 0.15) is 18.4 Å². The lowest BCUT2D eigenvalue weighted by Gasteiger charge is -2.24. The first-order valence-electron chi connectivity index (χ1n) is 5.47. The van der Waals surface area contributed by atoms with Gasteiger partial charge in [0.2, 0.25) is 5.88 Å². The van der Waals surface area contributed by atoms with Crippen molar-refractivity contribution < 1.29 is 17.9 Å². The number of hydrogen-bond donors (Lipinski definition) is 1. The molecule has 1 saturated heterocycles. The van der Waals surface area contributed by atoms with Gasteiger partial charge in [0.1, 0.15) is 11.7 Å². The Hall–Kier alpha value is -1.30. The molecule has 2 rings (SSSR count). The number of rotatable bonds is 2. The van der Waals surface area contributed by atoms with Gasteiger partial charge in [-0.3, -0.25) is 0 Å². The van der Waals surface area contributed by atoms with E-state index in [1.165, 1.54) is 12.3 Å². The van der Waals surface area contributed by atoms with E-state index >= 15 is 0 Å². The number of pyridine rings is 1. The molecule has 0 spiro atoms. The Morgan fingerprint density at radius 3 is 2.65 bits per heavy atom. The Morgan fingerprint density at radius 2 is 2.00 bits per heavy atom. The van der Waals surface area contributed by atoms with Crippen LogP contribution in [0.15, 0.2) is 18.3 Å². The third kappa shape index (κ3) is 3.09. The number of halogens is 3. The zero-order valence-corrected chi connectivity index (χ0v) is 9.13. The topological polar surface area (TPSA) is 34.1 Å². The summed E-state index contributed by atoms with van der Waals surface area (Å²) in [6.45, 7) is 1.53. The normalized spacial score (nSPS) is 18.1. The Balaban J connectivity index is 2.14. The lowest BCUT2D eigenvalue weighted by Crippen LogP contribution is -2.34. The van der Waals surface area contributed by atoms with Crippen LogP contribution in [-0.2, 0) is 6.18 Å². The quantitative estimate of drug-likeness (QED) is 0.868. The number of nitrogens with one attached hydrogen (secondary N) is 1. The standard InChI is InChI=1S/C11H13F3N2O/c12-11(13,14)9-2-1-5-16-10(9)17-8-3-6-15-7-4-8/h1-2,5,8,15H,3-4,6-7H2. The maximum absolute atomic E-state index is 12.7. The fourth-order valence-electron chi connectivity index (χ4n) is 1.77. The molecular formula is C11H13F3N2O. The molecule has 0 aliphatic carbocycles. The van der Waals surface area contributed by atoms with Crippen LogP contribution in [0.4, 0.5) is 13.2 Å². The van der Waals surface area contributed by atoms with E-state index in [4.69, 9.17) is 4.74 Å². The Morgan fingerprint density at radius 1 is 1.29 bits per heavy atom. The van der Waals surface area contributed by atoms with Crippen molar-refractivity contribution in [2.75, 3.05) is 13.1 Å². The molecule has 0 atom stereocenters. The van der Waals surface area contributed by atoms with Crippen molar-refractivity contribution in [2.24, 2.45) is 0 Å². The van der Waals surface area contributed by atoms with Gasteiger partial charge in [0, 0.05) is 6.20 Å². The summed E-state index contributed by atoms with van der Waals surface area (Å²) in [5.74, 6) is -0.313. The minimum atomic E-state index is -4.42. The highest BCUT2D eigenvalue weighted by Crippen LogP contribution is 2.35. The summed E-state index contributed by atoms with van der Waals surface area (Å²) in [6, 6.07) is 2.25. The van der Waals surface area contributed by atoms with Gasteiger partial charge in [-0.1, -0.05) is 0 Å². The van der Waals surface area contributed by atoms with Crippen molar-refractivity contribution in [2.45, 2.75) is 25.1 Å². The summed E-state index contributed by atoms with van der Waals surface area (Å²) in [4.78, 5) is 3.68. The van der Waals surface area contributed by atoms with E-state index in [0.717, 1.165) is 19.2 Å². The first kappa shape index (κ1) is 12.2. The molecule has 0 saturated carbocycles. The maximum atomic E-state index is 12.7. The van der Waals surface area contributed by atoms with E-state index < -0.39 is 11.7 Å². The smallest absolute Gasteiger partial charge is 0.421 e. The largest absolute Gasteiger partial charge is 0.474 e. The van der Waals surface area contributed by atoms with Gasteiger partial charge in [0.15, 0.2) is 0 Å². The molecule has 3 nitrogen and oxygen atoms in total. The highest BCUT2D eigenvalue weighted by atomic mass is 19.4. The Bertz CT molecular complexity index is 375. The first-order chi connectivity index (χ1) is 8.07. The molecule has 1 aromatic heterocycles. The second-order valence-electron chi connectivity index (χ2n) is 3.92. The van der Waals surface area contributed by atoms with Gasteiger partial charge < -0.3 is 10.1 Å². The SMILES string of the molecule is FC(F)(F)c1cccnc1OC1CCNCC1. The van der Waals surface area contributed by atoms with Crippen molar-refractivity contribution in [3.8, 4) is 5.88 Å². The average Bonchev–Trinajstić information content (AvgIpc) is 2.30. The van der Waals surface area contributed by atoms with Crippen LogP contribution in [0.25, 0.3) is 0 Å². The maximum Gasteiger partial charge on any atom is 0.421 e. The van der Waals surface area contributed by atoms with E-state index in [9.17, 15) is 13.2 Å². The zero-order chi connectivity index (χ0) is 12.3. The summed E-state index contributed by atoms with van der Waals surface area (Å²) in [7, 11) is 0. The van der Waals surface area contributed by atoms with E-state index in [2.05, 4.69) is 10.3 Å². The fourth-order valence-corrected chi connectivity index (χ4v) is 1.77. The second kappa shape index (κ2) is 4.91. The molecule has 0 amide bonds. The molecule has 94 valence electrons. The molecule has 1 aliphatic heterocycles. The van der Waals surface area contributed by atoms with Gasteiger partial charge in [-0.2, -0.15) is 13.2 Å². The summed E-state index contributed by atoms with van der Waals surface area (Å²) in [5, 5.41) is 3.12. The van der Waals surface area contributed by atoms with E-state index in [-0.39, 0.29) is 12.0 Å². The lowest BCUT2D eigenvalue weighted by molar-refractivity contribution is -0.139. The third-order valence-corrected chi connectivity index (χ3v) is 2.64. The number of aromatic nitrogens is 1. The van der Waals surface area contributed by atoms with Crippen LogP contribution in [0.5, 0.6) is 5.88 Å². The molecule has 1 N–H and O–H groups in total.